The minimum absolute atomic E-state index is 0.311. The molecule has 0 radical (unpaired) electrons. The van der Waals surface area contributed by atoms with Gasteiger partial charge in [0.25, 0.3) is 0 Å². The monoisotopic (exact) mass is 404 g/mol. The molecule has 30 heavy (non-hydrogen) atoms. The van der Waals surface area contributed by atoms with Crippen LogP contribution in [0.25, 0.3) is 22.2 Å². The summed E-state index contributed by atoms with van der Waals surface area (Å²) in [5, 5.41) is 18.2. The third kappa shape index (κ3) is 3.79. The SMILES string of the molecule is Cn1cc(-c2cc(C3=CCN(C(=O)OC(C)(C)C)CC3)c3c(C#N)cnn3c2)cn1. The number of hydrogen-bond donors (Lipinski definition) is 0. The molecule has 0 spiro atoms. The van der Waals surface area contributed by atoms with E-state index in [2.05, 4.69) is 22.3 Å². The van der Waals surface area contributed by atoms with Crippen molar-refractivity contribution in [3.63, 3.8) is 0 Å². The lowest BCUT2D eigenvalue weighted by Gasteiger charge is -2.29. The zero-order valence-corrected chi connectivity index (χ0v) is 17.6. The number of carbonyl (C=O) groups excluding carboxylic acids is 1. The Bertz CT molecular complexity index is 1190. The van der Waals surface area contributed by atoms with E-state index >= 15 is 0 Å². The Labute approximate surface area is 175 Å². The Morgan fingerprint density at radius 3 is 2.60 bits per heavy atom. The standard InChI is InChI=1S/C22H24N6O2/c1-22(2,3)30-21(29)27-7-5-15(6-8-27)19-9-16(18-12-24-26(4)13-18)14-28-20(19)17(10-23)11-25-28/h5,9,11-14H,6-8H2,1-4H3. The molecule has 0 unspecified atom stereocenters. The first-order valence-electron chi connectivity index (χ1n) is 9.83. The van der Waals surface area contributed by atoms with Gasteiger partial charge in [0.15, 0.2) is 0 Å². The van der Waals surface area contributed by atoms with Crippen LogP contribution in [0.5, 0.6) is 0 Å². The van der Waals surface area contributed by atoms with E-state index in [0.717, 1.165) is 27.8 Å². The summed E-state index contributed by atoms with van der Waals surface area (Å²) in [4.78, 5) is 14.1. The molecule has 4 heterocycles. The van der Waals surface area contributed by atoms with Crippen LogP contribution in [0.15, 0.2) is 36.9 Å². The maximum absolute atomic E-state index is 12.4. The molecule has 0 saturated heterocycles. The van der Waals surface area contributed by atoms with Crippen LogP contribution in [-0.2, 0) is 11.8 Å². The van der Waals surface area contributed by atoms with Gasteiger partial charge in [0.05, 0.1) is 23.5 Å². The molecule has 8 nitrogen and oxygen atoms in total. The fourth-order valence-corrected chi connectivity index (χ4v) is 3.58. The largest absolute Gasteiger partial charge is 0.444 e. The van der Waals surface area contributed by atoms with E-state index in [4.69, 9.17) is 4.74 Å². The van der Waals surface area contributed by atoms with Gasteiger partial charge in [-0.25, -0.2) is 9.31 Å². The number of rotatable bonds is 2. The van der Waals surface area contributed by atoms with Gasteiger partial charge in [-0.05, 0) is 38.8 Å². The van der Waals surface area contributed by atoms with Crippen LogP contribution in [0.2, 0.25) is 0 Å². The van der Waals surface area contributed by atoms with Crippen molar-refractivity contribution >= 4 is 17.2 Å². The summed E-state index contributed by atoms with van der Waals surface area (Å²) in [5.41, 5.74) is 4.76. The number of pyridine rings is 1. The summed E-state index contributed by atoms with van der Waals surface area (Å²) in [6, 6.07) is 4.31. The van der Waals surface area contributed by atoms with Gasteiger partial charge >= 0.3 is 6.09 Å². The van der Waals surface area contributed by atoms with Crippen LogP contribution >= 0.6 is 0 Å². The van der Waals surface area contributed by atoms with Crippen LogP contribution in [0.3, 0.4) is 0 Å². The Kier molecular flexibility index (Phi) is 4.82. The van der Waals surface area contributed by atoms with Crippen molar-refractivity contribution in [3.8, 4) is 17.2 Å². The Balaban J connectivity index is 1.72. The van der Waals surface area contributed by atoms with Crippen molar-refractivity contribution in [1.29, 1.82) is 5.26 Å². The molecular formula is C22H24N6O2. The van der Waals surface area contributed by atoms with Gasteiger partial charge in [-0.15, -0.1) is 0 Å². The summed E-state index contributed by atoms with van der Waals surface area (Å²) < 4.78 is 8.98. The predicted octanol–water partition coefficient (Wildman–Crippen LogP) is 3.63. The number of aromatic nitrogens is 4. The van der Waals surface area contributed by atoms with Gasteiger partial charge in [-0.1, -0.05) is 6.08 Å². The highest BCUT2D eigenvalue weighted by atomic mass is 16.6. The molecule has 0 aliphatic carbocycles. The van der Waals surface area contributed by atoms with Gasteiger partial charge in [-0.3, -0.25) is 4.68 Å². The first-order valence-corrected chi connectivity index (χ1v) is 9.83. The van der Waals surface area contributed by atoms with E-state index in [1.165, 1.54) is 0 Å². The van der Waals surface area contributed by atoms with Crippen LogP contribution in [-0.4, -0.2) is 49.1 Å². The molecule has 0 N–H and O–H groups in total. The van der Waals surface area contributed by atoms with Crippen LogP contribution < -0.4 is 0 Å². The van der Waals surface area contributed by atoms with Gasteiger partial charge in [0.1, 0.15) is 11.7 Å². The molecule has 154 valence electrons. The van der Waals surface area contributed by atoms with Crippen molar-refractivity contribution in [2.75, 3.05) is 13.1 Å². The number of amides is 1. The number of nitrogens with zero attached hydrogens (tertiary/aromatic N) is 6. The van der Waals surface area contributed by atoms with Crippen molar-refractivity contribution in [3.05, 3.63) is 48.1 Å². The van der Waals surface area contributed by atoms with E-state index in [9.17, 15) is 10.1 Å². The second-order valence-electron chi connectivity index (χ2n) is 8.41. The smallest absolute Gasteiger partial charge is 0.410 e. The lowest BCUT2D eigenvalue weighted by Crippen LogP contribution is -2.39. The molecule has 0 saturated carbocycles. The first-order chi connectivity index (χ1) is 14.2. The lowest BCUT2D eigenvalue weighted by molar-refractivity contribution is 0.0270. The first kappa shape index (κ1) is 19.7. The second kappa shape index (κ2) is 7.34. The van der Waals surface area contributed by atoms with E-state index in [1.54, 1.807) is 26.5 Å². The number of fused-ring (bicyclic) bond motifs is 1. The molecule has 4 rings (SSSR count). The molecule has 1 aliphatic heterocycles. The molecule has 3 aromatic rings. The lowest BCUT2D eigenvalue weighted by atomic mass is 9.95. The van der Waals surface area contributed by atoms with Gasteiger partial charge in [0.2, 0.25) is 0 Å². The quantitative estimate of drug-likeness (QED) is 0.651. The normalized spacial score (nSPS) is 14.5. The second-order valence-corrected chi connectivity index (χ2v) is 8.41. The summed E-state index contributed by atoms with van der Waals surface area (Å²) in [6.07, 6.45) is 9.63. The molecule has 1 aliphatic rings. The van der Waals surface area contributed by atoms with Gasteiger partial charge < -0.3 is 9.64 Å². The zero-order valence-electron chi connectivity index (χ0n) is 17.6. The minimum Gasteiger partial charge on any atom is -0.444 e. The van der Waals surface area contributed by atoms with Crippen molar-refractivity contribution in [1.82, 2.24) is 24.3 Å². The third-order valence-electron chi connectivity index (χ3n) is 4.98. The number of aryl methyl sites for hydroxylation is 1. The Hall–Kier alpha value is -3.60. The highest BCUT2D eigenvalue weighted by molar-refractivity contribution is 5.86. The van der Waals surface area contributed by atoms with Crippen molar-refractivity contribution in [2.24, 2.45) is 7.05 Å². The average Bonchev–Trinajstić information content (AvgIpc) is 3.32. The van der Waals surface area contributed by atoms with Gasteiger partial charge in [0, 0.05) is 49.2 Å². The van der Waals surface area contributed by atoms with Crippen molar-refractivity contribution < 1.29 is 9.53 Å². The van der Waals surface area contributed by atoms with Crippen LogP contribution in [0, 0.1) is 11.3 Å². The molecule has 1 amide bonds. The van der Waals surface area contributed by atoms with E-state index in [-0.39, 0.29) is 6.09 Å². The fourth-order valence-electron chi connectivity index (χ4n) is 3.58. The maximum Gasteiger partial charge on any atom is 0.410 e. The molecule has 3 aromatic heterocycles. The number of hydrogen-bond acceptors (Lipinski definition) is 5. The summed E-state index contributed by atoms with van der Waals surface area (Å²) in [6.45, 7) is 6.60. The van der Waals surface area contributed by atoms with Crippen LogP contribution in [0.4, 0.5) is 4.79 Å². The fraction of sp³-hybridized carbons (Fsp3) is 0.364. The summed E-state index contributed by atoms with van der Waals surface area (Å²) >= 11 is 0. The van der Waals surface area contributed by atoms with E-state index in [1.807, 2.05) is 46.3 Å². The molecule has 0 fully saturated rings. The zero-order chi connectivity index (χ0) is 21.5. The Morgan fingerprint density at radius 2 is 2.00 bits per heavy atom. The van der Waals surface area contributed by atoms with Crippen molar-refractivity contribution in [2.45, 2.75) is 32.8 Å². The topological polar surface area (TPSA) is 88.5 Å². The predicted molar refractivity (Wildman–Crippen MR) is 113 cm³/mol. The Morgan fingerprint density at radius 1 is 1.20 bits per heavy atom. The molecule has 0 bridgehead atoms. The summed E-state index contributed by atoms with van der Waals surface area (Å²) in [5.74, 6) is 0. The molecule has 8 heteroatoms. The number of carbonyl (C=O) groups is 1. The van der Waals surface area contributed by atoms with E-state index in [0.29, 0.717) is 25.1 Å². The third-order valence-corrected chi connectivity index (χ3v) is 4.98. The highest BCUT2D eigenvalue weighted by Crippen LogP contribution is 2.32. The minimum atomic E-state index is -0.523. The van der Waals surface area contributed by atoms with E-state index < -0.39 is 5.60 Å². The molecule has 0 aromatic carbocycles. The highest BCUT2D eigenvalue weighted by Gasteiger charge is 2.25. The number of nitriles is 1. The number of ether oxygens (including phenoxy) is 1. The molecular weight excluding hydrogens is 380 g/mol. The maximum atomic E-state index is 12.4. The van der Waals surface area contributed by atoms with Crippen LogP contribution in [0.1, 0.15) is 38.3 Å². The van der Waals surface area contributed by atoms with Gasteiger partial charge in [-0.2, -0.15) is 15.5 Å². The molecule has 0 atom stereocenters. The summed E-state index contributed by atoms with van der Waals surface area (Å²) in [7, 11) is 1.87. The average molecular weight is 404 g/mol.